The molecule has 0 aliphatic carbocycles. The Morgan fingerprint density at radius 3 is 2.83 bits per heavy atom. The number of rotatable bonds is 5. The van der Waals surface area contributed by atoms with Gasteiger partial charge in [0.15, 0.2) is 0 Å². The second kappa shape index (κ2) is 6.46. The maximum atomic E-state index is 12.8. The first-order valence-electron chi connectivity index (χ1n) is 7.73. The maximum Gasteiger partial charge on any atom is 0.272 e. The van der Waals surface area contributed by atoms with Gasteiger partial charge in [-0.1, -0.05) is 12.1 Å². The lowest BCUT2D eigenvalue weighted by atomic mass is 10.2. The first-order valence-corrected chi connectivity index (χ1v) is 8.61. The third-order valence-corrected chi connectivity index (χ3v) is 4.50. The van der Waals surface area contributed by atoms with Crippen molar-refractivity contribution in [3.8, 4) is 5.75 Å². The van der Waals surface area contributed by atoms with Gasteiger partial charge in [0.25, 0.3) is 5.91 Å². The Morgan fingerprint density at radius 2 is 2.09 bits per heavy atom. The van der Waals surface area contributed by atoms with Crippen LogP contribution in [0.1, 0.15) is 37.3 Å². The fraction of sp³-hybridized carbons (Fsp3) is 0.278. The van der Waals surface area contributed by atoms with Crippen molar-refractivity contribution in [1.82, 2.24) is 4.57 Å². The van der Waals surface area contributed by atoms with E-state index in [9.17, 15) is 4.79 Å². The van der Waals surface area contributed by atoms with Crippen molar-refractivity contribution in [2.75, 3.05) is 11.9 Å². The molecule has 1 aromatic carbocycles. The summed E-state index contributed by atoms with van der Waals surface area (Å²) >= 11 is 1.65. The number of amides is 1. The average molecular weight is 328 g/mol. The highest BCUT2D eigenvalue weighted by Gasteiger charge is 2.19. The highest BCUT2D eigenvalue weighted by molar-refractivity contribution is 7.17. The summed E-state index contributed by atoms with van der Waals surface area (Å²) in [5, 5.41) is 5.03. The van der Waals surface area contributed by atoms with E-state index in [2.05, 4.69) is 35.2 Å². The van der Waals surface area contributed by atoms with Gasteiger partial charge in [-0.25, -0.2) is 0 Å². The standard InChI is InChI=1S/C18H20N2O2S/c1-4-22-16-8-6-5-7-13(16)19-18(21)15-11-17-14(9-10-23-17)20(15)12(2)3/h5-12H,4H2,1-3H3,(H,19,21). The van der Waals surface area contributed by atoms with Gasteiger partial charge in [0, 0.05) is 6.04 Å². The molecule has 0 unspecified atom stereocenters. The molecule has 1 N–H and O–H groups in total. The predicted octanol–water partition coefficient (Wildman–Crippen LogP) is 4.93. The van der Waals surface area contributed by atoms with Gasteiger partial charge in [-0.3, -0.25) is 4.79 Å². The van der Waals surface area contributed by atoms with E-state index >= 15 is 0 Å². The van der Waals surface area contributed by atoms with E-state index in [1.54, 1.807) is 11.3 Å². The maximum absolute atomic E-state index is 12.8. The van der Waals surface area contributed by atoms with Crippen LogP contribution in [0, 0.1) is 0 Å². The van der Waals surface area contributed by atoms with Crippen LogP contribution in [-0.2, 0) is 0 Å². The fourth-order valence-electron chi connectivity index (χ4n) is 2.71. The van der Waals surface area contributed by atoms with Gasteiger partial charge in [-0.05, 0) is 50.4 Å². The van der Waals surface area contributed by atoms with Crippen LogP contribution in [-0.4, -0.2) is 17.1 Å². The molecule has 3 rings (SSSR count). The summed E-state index contributed by atoms with van der Waals surface area (Å²) in [6.07, 6.45) is 0. The number of hydrogen-bond acceptors (Lipinski definition) is 3. The molecule has 2 heterocycles. The minimum atomic E-state index is -0.116. The van der Waals surface area contributed by atoms with Gasteiger partial charge in [0.1, 0.15) is 11.4 Å². The number of nitrogens with one attached hydrogen (secondary N) is 1. The zero-order chi connectivity index (χ0) is 16.4. The summed E-state index contributed by atoms with van der Waals surface area (Å²) in [5.74, 6) is 0.571. The lowest BCUT2D eigenvalue weighted by Crippen LogP contribution is -2.18. The zero-order valence-electron chi connectivity index (χ0n) is 13.5. The quantitative estimate of drug-likeness (QED) is 0.721. The molecular formula is C18H20N2O2S. The molecule has 5 heteroatoms. The number of benzene rings is 1. The Balaban J connectivity index is 1.95. The van der Waals surface area contributed by atoms with Crippen LogP contribution in [0.5, 0.6) is 5.75 Å². The number of carbonyl (C=O) groups excluding carboxylic acids is 1. The molecule has 120 valence electrons. The number of carbonyl (C=O) groups is 1. The summed E-state index contributed by atoms with van der Waals surface area (Å²) in [6, 6.07) is 11.7. The number of thiophene rings is 1. The Bertz CT molecular complexity index is 833. The number of aromatic nitrogens is 1. The largest absolute Gasteiger partial charge is 0.492 e. The number of hydrogen-bond donors (Lipinski definition) is 1. The number of para-hydroxylation sites is 2. The van der Waals surface area contributed by atoms with Crippen LogP contribution < -0.4 is 10.1 Å². The second-order valence-electron chi connectivity index (χ2n) is 5.55. The van der Waals surface area contributed by atoms with Gasteiger partial charge in [-0.2, -0.15) is 0 Å². The number of anilines is 1. The van der Waals surface area contributed by atoms with E-state index in [0.29, 0.717) is 23.7 Å². The number of nitrogens with zero attached hydrogens (tertiary/aromatic N) is 1. The van der Waals surface area contributed by atoms with Gasteiger partial charge in [0.2, 0.25) is 0 Å². The van der Waals surface area contributed by atoms with Crippen LogP contribution in [0.3, 0.4) is 0 Å². The second-order valence-corrected chi connectivity index (χ2v) is 6.49. The molecule has 0 atom stereocenters. The molecule has 0 saturated carbocycles. The van der Waals surface area contributed by atoms with E-state index in [1.807, 2.05) is 37.3 Å². The Kier molecular flexibility index (Phi) is 4.39. The molecule has 2 aromatic heterocycles. The summed E-state index contributed by atoms with van der Waals surface area (Å²) < 4.78 is 8.78. The molecule has 23 heavy (non-hydrogen) atoms. The smallest absolute Gasteiger partial charge is 0.272 e. The number of ether oxygens (including phenoxy) is 1. The van der Waals surface area contributed by atoms with E-state index in [4.69, 9.17) is 4.74 Å². The first-order chi connectivity index (χ1) is 11.1. The minimum Gasteiger partial charge on any atom is -0.492 e. The highest BCUT2D eigenvalue weighted by atomic mass is 32.1. The highest BCUT2D eigenvalue weighted by Crippen LogP contribution is 2.30. The molecule has 0 aliphatic rings. The van der Waals surface area contributed by atoms with Gasteiger partial charge in [-0.15, -0.1) is 11.3 Å². The van der Waals surface area contributed by atoms with E-state index in [1.165, 1.54) is 0 Å². The average Bonchev–Trinajstić information content (AvgIpc) is 3.09. The lowest BCUT2D eigenvalue weighted by Gasteiger charge is -2.15. The van der Waals surface area contributed by atoms with Crippen LogP contribution in [0.25, 0.3) is 10.2 Å². The predicted molar refractivity (Wildman–Crippen MR) is 95.8 cm³/mol. The van der Waals surface area contributed by atoms with Crippen molar-refractivity contribution < 1.29 is 9.53 Å². The van der Waals surface area contributed by atoms with Crippen LogP contribution >= 0.6 is 11.3 Å². The zero-order valence-corrected chi connectivity index (χ0v) is 14.3. The van der Waals surface area contributed by atoms with Crippen LogP contribution in [0.15, 0.2) is 41.8 Å². The number of fused-ring (bicyclic) bond motifs is 1. The van der Waals surface area contributed by atoms with Gasteiger partial charge < -0.3 is 14.6 Å². The lowest BCUT2D eigenvalue weighted by molar-refractivity contribution is 0.101. The molecule has 3 aromatic rings. The Morgan fingerprint density at radius 1 is 1.30 bits per heavy atom. The van der Waals surface area contributed by atoms with Crippen molar-refractivity contribution in [1.29, 1.82) is 0 Å². The van der Waals surface area contributed by atoms with E-state index in [0.717, 1.165) is 10.2 Å². The molecule has 0 radical (unpaired) electrons. The van der Waals surface area contributed by atoms with Crippen molar-refractivity contribution in [2.24, 2.45) is 0 Å². The summed E-state index contributed by atoms with van der Waals surface area (Å²) in [7, 11) is 0. The Hall–Kier alpha value is -2.27. The van der Waals surface area contributed by atoms with Gasteiger partial charge >= 0.3 is 0 Å². The molecule has 4 nitrogen and oxygen atoms in total. The summed E-state index contributed by atoms with van der Waals surface area (Å²) in [6.45, 7) is 6.66. The van der Waals surface area contributed by atoms with Crippen molar-refractivity contribution in [3.63, 3.8) is 0 Å². The topological polar surface area (TPSA) is 43.3 Å². The first kappa shape index (κ1) is 15.6. The SMILES string of the molecule is CCOc1ccccc1NC(=O)c1cc2sccc2n1C(C)C. The van der Waals surface area contributed by atoms with Crippen molar-refractivity contribution >= 4 is 33.1 Å². The monoisotopic (exact) mass is 328 g/mol. The molecule has 0 saturated heterocycles. The molecule has 0 fully saturated rings. The van der Waals surface area contributed by atoms with Crippen LogP contribution in [0.4, 0.5) is 5.69 Å². The third-order valence-electron chi connectivity index (χ3n) is 3.64. The van der Waals surface area contributed by atoms with Crippen molar-refractivity contribution in [2.45, 2.75) is 26.8 Å². The molecule has 0 aliphatic heterocycles. The summed E-state index contributed by atoms with van der Waals surface area (Å²) in [5.41, 5.74) is 2.47. The van der Waals surface area contributed by atoms with Crippen molar-refractivity contribution in [3.05, 3.63) is 47.5 Å². The molecule has 0 spiro atoms. The summed E-state index contributed by atoms with van der Waals surface area (Å²) in [4.78, 5) is 12.8. The van der Waals surface area contributed by atoms with Gasteiger partial charge in [0.05, 0.1) is 22.5 Å². The minimum absolute atomic E-state index is 0.116. The van der Waals surface area contributed by atoms with E-state index in [-0.39, 0.29) is 11.9 Å². The molecule has 0 bridgehead atoms. The fourth-order valence-corrected chi connectivity index (χ4v) is 3.52. The van der Waals surface area contributed by atoms with Crippen LogP contribution in [0.2, 0.25) is 0 Å². The normalized spacial score (nSPS) is 11.1. The Labute approximate surface area is 139 Å². The third kappa shape index (κ3) is 2.97. The molecular weight excluding hydrogens is 308 g/mol. The molecule has 1 amide bonds. The van der Waals surface area contributed by atoms with E-state index < -0.39 is 0 Å².